The molecule has 0 radical (unpaired) electrons. The van der Waals surface area contributed by atoms with E-state index in [-0.39, 0.29) is 11.9 Å². The lowest BCUT2D eigenvalue weighted by Gasteiger charge is -2.06. The van der Waals surface area contributed by atoms with Crippen molar-refractivity contribution in [2.45, 2.75) is 13.8 Å². The standard InChI is InChI=1S/C19H21N5O2/c1-12-4-3-5-14(10-12)15-6-7-16-17(11-15)23-24-18(16)22-19(26)21-9-8-20-13(2)25/h3-7,10-11H,8-9H2,1-2H3,(H,20,25)(H3,21,22,23,24,26). The van der Waals surface area contributed by atoms with Crippen LogP contribution in [0, 0.1) is 6.92 Å². The number of amides is 3. The van der Waals surface area contributed by atoms with Crippen LogP contribution in [-0.2, 0) is 4.79 Å². The van der Waals surface area contributed by atoms with Crippen LogP contribution in [0.5, 0.6) is 0 Å². The molecular weight excluding hydrogens is 330 g/mol. The Labute approximate surface area is 151 Å². The summed E-state index contributed by atoms with van der Waals surface area (Å²) in [5.74, 6) is 0.336. The molecule has 0 aliphatic carbocycles. The van der Waals surface area contributed by atoms with Crippen molar-refractivity contribution in [3.05, 3.63) is 48.0 Å². The Hall–Kier alpha value is -3.35. The summed E-state index contributed by atoms with van der Waals surface area (Å²) in [5, 5.41) is 16.0. The van der Waals surface area contributed by atoms with Crippen molar-refractivity contribution in [3.8, 4) is 11.1 Å². The number of benzene rings is 2. The fraction of sp³-hybridized carbons (Fsp3) is 0.211. The van der Waals surface area contributed by atoms with Crippen LogP contribution in [0.3, 0.4) is 0 Å². The van der Waals surface area contributed by atoms with E-state index in [2.05, 4.69) is 51.3 Å². The highest BCUT2D eigenvalue weighted by Crippen LogP contribution is 2.27. The van der Waals surface area contributed by atoms with Gasteiger partial charge in [-0.2, -0.15) is 5.10 Å². The van der Waals surface area contributed by atoms with E-state index in [1.165, 1.54) is 12.5 Å². The minimum absolute atomic E-state index is 0.130. The number of rotatable bonds is 5. The first-order chi connectivity index (χ1) is 12.5. The summed E-state index contributed by atoms with van der Waals surface area (Å²) in [6, 6.07) is 13.9. The third-order valence-corrected chi connectivity index (χ3v) is 3.93. The molecule has 0 saturated heterocycles. The van der Waals surface area contributed by atoms with Gasteiger partial charge in [0.1, 0.15) is 0 Å². The van der Waals surface area contributed by atoms with Gasteiger partial charge in [0.15, 0.2) is 5.82 Å². The topological polar surface area (TPSA) is 98.9 Å². The van der Waals surface area contributed by atoms with Crippen molar-refractivity contribution < 1.29 is 9.59 Å². The van der Waals surface area contributed by atoms with Gasteiger partial charge in [0, 0.05) is 25.4 Å². The number of carbonyl (C=O) groups excluding carboxylic acids is 2. The molecule has 0 spiro atoms. The third-order valence-electron chi connectivity index (χ3n) is 3.93. The van der Waals surface area contributed by atoms with E-state index < -0.39 is 0 Å². The van der Waals surface area contributed by atoms with Gasteiger partial charge in [-0.15, -0.1) is 0 Å². The van der Waals surface area contributed by atoms with Crippen LogP contribution in [0.4, 0.5) is 10.6 Å². The van der Waals surface area contributed by atoms with Crippen molar-refractivity contribution in [2.24, 2.45) is 0 Å². The SMILES string of the molecule is CC(=O)NCCNC(=O)Nc1n[nH]c2cc(-c3cccc(C)c3)ccc12. The van der Waals surface area contributed by atoms with E-state index in [0.717, 1.165) is 22.0 Å². The first-order valence-electron chi connectivity index (χ1n) is 8.37. The number of hydrogen-bond donors (Lipinski definition) is 4. The number of nitrogens with zero attached hydrogens (tertiary/aromatic N) is 1. The smallest absolute Gasteiger partial charge is 0.320 e. The molecule has 2 aromatic carbocycles. The average molecular weight is 351 g/mol. The lowest BCUT2D eigenvalue weighted by molar-refractivity contribution is -0.118. The molecule has 3 rings (SSSR count). The molecular formula is C19H21N5O2. The van der Waals surface area contributed by atoms with Gasteiger partial charge in [0.25, 0.3) is 0 Å². The third kappa shape index (κ3) is 4.18. The van der Waals surface area contributed by atoms with Crippen LogP contribution in [0.15, 0.2) is 42.5 Å². The lowest BCUT2D eigenvalue weighted by atomic mass is 10.0. The van der Waals surface area contributed by atoms with E-state index in [9.17, 15) is 9.59 Å². The van der Waals surface area contributed by atoms with Crippen LogP contribution < -0.4 is 16.0 Å². The van der Waals surface area contributed by atoms with E-state index in [0.29, 0.717) is 18.9 Å². The van der Waals surface area contributed by atoms with Gasteiger partial charge in [-0.1, -0.05) is 35.9 Å². The molecule has 7 nitrogen and oxygen atoms in total. The number of aromatic nitrogens is 2. The molecule has 3 aromatic rings. The zero-order chi connectivity index (χ0) is 18.5. The first kappa shape index (κ1) is 17.5. The molecule has 0 saturated carbocycles. The van der Waals surface area contributed by atoms with Crippen LogP contribution in [0.25, 0.3) is 22.0 Å². The molecule has 7 heteroatoms. The minimum Gasteiger partial charge on any atom is -0.355 e. The zero-order valence-corrected chi connectivity index (χ0v) is 14.7. The number of urea groups is 1. The van der Waals surface area contributed by atoms with E-state index in [1.807, 2.05) is 24.3 Å². The van der Waals surface area contributed by atoms with Crippen LogP contribution in [-0.4, -0.2) is 35.2 Å². The van der Waals surface area contributed by atoms with Gasteiger partial charge in [0.2, 0.25) is 5.91 Å². The Balaban J connectivity index is 1.69. The largest absolute Gasteiger partial charge is 0.355 e. The number of aryl methyl sites for hydroxylation is 1. The fourth-order valence-electron chi connectivity index (χ4n) is 2.69. The average Bonchev–Trinajstić information content (AvgIpc) is 3.01. The van der Waals surface area contributed by atoms with Crippen molar-refractivity contribution in [1.82, 2.24) is 20.8 Å². The molecule has 0 aliphatic rings. The summed E-state index contributed by atoms with van der Waals surface area (Å²) in [5.41, 5.74) is 4.26. The zero-order valence-electron chi connectivity index (χ0n) is 14.7. The highest BCUT2D eigenvalue weighted by Gasteiger charge is 2.10. The molecule has 26 heavy (non-hydrogen) atoms. The number of carbonyl (C=O) groups is 2. The van der Waals surface area contributed by atoms with Crippen molar-refractivity contribution in [3.63, 3.8) is 0 Å². The predicted molar refractivity (Wildman–Crippen MR) is 102 cm³/mol. The molecule has 1 aromatic heterocycles. The normalized spacial score (nSPS) is 10.5. The predicted octanol–water partition coefficient (Wildman–Crippen LogP) is 2.80. The number of hydrogen-bond acceptors (Lipinski definition) is 3. The van der Waals surface area contributed by atoms with Crippen molar-refractivity contribution in [2.75, 3.05) is 18.4 Å². The number of aromatic amines is 1. The van der Waals surface area contributed by atoms with E-state index >= 15 is 0 Å². The quantitative estimate of drug-likeness (QED) is 0.532. The molecule has 134 valence electrons. The Kier molecular flexibility index (Phi) is 5.17. The summed E-state index contributed by atoms with van der Waals surface area (Å²) in [4.78, 5) is 22.7. The summed E-state index contributed by atoms with van der Waals surface area (Å²) in [6.07, 6.45) is 0. The second kappa shape index (κ2) is 7.69. The number of fused-ring (bicyclic) bond motifs is 1. The molecule has 0 unspecified atom stereocenters. The Morgan fingerprint density at radius 2 is 1.81 bits per heavy atom. The summed E-state index contributed by atoms with van der Waals surface area (Å²) >= 11 is 0. The maximum absolute atomic E-state index is 11.9. The minimum atomic E-state index is -0.369. The first-order valence-corrected chi connectivity index (χ1v) is 8.37. The Bertz CT molecular complexity index is 948. The summed E-state index contributed by atoms with van der Waals surface area (Å²) in [7, 11) is 0. The molecule has 0 fully saturated rings. The van der Waals surface area contributed by atoms with Gasteiger partial charge < -0.3 is 10.6 Å². The Morgan fingerprint density at radius 1 is 1.04 bits per heavy atom. The monoisotopic (exact) mass is 351 g/mol. The van der Waals surface area contributed by atoms with Gasteiger partial charge >= 0.3 is 6.03 Å². The maximum Gasteiger partial charge on any atom is 0.320 e. The van der Waals surface area contributed by atoms with Crippen LogP contribution >= 0.6 is 0 Å². The second-order valence-electron chi connectivity index (χ2n) is 6.07. The lowest BCUT2D eigenvalue weighted by Crippen LogP contribution is -2.36. The molecule has 0 atom stereocenters. The molecule has 0 bridgehead atoms. The van der Waals surface area contributed by atoms with Crippen molar-refractivity contribution in [1.29, 1.82) is 0 Å². The van der Waals surface area contributed by atoms with Crippen LogP contribution in [0.2, 0.25) is 0 Å². The van der Waals surface area contributed by atoms with Gasteiger partial charge in [-0.05, 0) is 30.2 Å². The van der Waals surface area contributed by atoms with Gasteiger partial charge in [-0.3, -0.25) is 15.2 Å². The molecule has 1 heterocycles. The number of anilines is 1. The van der Waals surface area contributed by atoms with Gasteiger partial charge in [-0.25, -0.2) is 4.79 Å². The van der Waals surface area contributed by atoms with Crippen LogP contribution in [0.1, 0.15) is 12.5 Å². The number of H-pyrrole nitrogens is 1. The summed E-state index contributed by atoms with van der Waals surface area (Å²) in [6.45, 7) is 4.21. The van der Waals surface area contributed by atoms with Crippen molar-refractivity contribution >= 4 is 28.7 Å². The molecule has 0 aliphatic heterocycles. The van der Waals surface area contributed by atoms with Gasteiger partial charge in [0.05, 0.1) is 5.52 Å². The highest BCUT2D eigenvalue weighted by atomic mass is 16.2. The maximum atomic E-state index is 11.9. The molecule has 4 N–H and O–H groups in total. The fourth-order valence-corrected chi connectivity index (χ4v) is 2.69. The van der Waals surface area contributed by atoms with E-state index in [1.54, 1.807) is 0 Å². The highest BCUT2D eigenvalue weighted by molar-refractivity contribution is 6.00. The number of nitrogens with one attached hydrogen (secondary N) is 4. The van der Waals surface area contributed by atoms with E-state index in [4.69, 9.17) is 0 Å². The summed E-state index contributed by atoms with van der Waals surface area (Å²) < 4.78 is 0. The molecule has 3 amide bonds. The Morgan fingerprint density at radius 3 is 2.58 bits per heavy atom. The second-order valence-corrected chi connectivity index (χ2v) is 6.07.